The fraction of sp³-hybridized carbons (Fsp3) is 0.667. The van der Waals surface area contributed by atoms with E-state index in [0.717, 1.165) is 12.2 Å². The van der Waals surface area contributed by atoms with Gasteiger partial charge >= 0.3 is 0 Å². The van der Waals surface area contributed by atoms with Crippen LogP contribution < -0.4 is 5.32 Å². The van der Waals surface area contributed by atoms with Gasteiger partial charge in [0.05, 0.1) is 18.8 Å². The topological polar surface area (TPSA) is 58.4 Å². The summed E-state index contributed by atoms with van der Waals surface area (Å²) in [5.74, 6) is 1.30. The smallest absolute Gasteiger partial charge is 0.239 e. The molecule has 0 saturated carbocycles. The van der Waals surface area contributed by atoms with E-state index in [9.17, 15) is 4.79 Å². The van der Waals surface area contributed by atoms with Crippen LogP contribution in [0.4, 0.5) is 0 Å². The minimum Gasteiger partial charge on any atom is -0.447 e. The normalized spacial score (nSPS) is 12.8. The third-order valence-electron chi connectivity index (χ3n) is 2.45. The van der Waals surface area contributed by atoms with Gasteiger partial charge in [0.15, 0.2) is 6.39 Å². The molecule has 1 unspecified atom stereocenters. The molecule has 0 radical (unpaired) electrons. The van der Waals surface area contributed by atoms with Gasteiger partial charge in [-0.2, -0.15) is 0 Å². The summed E-state index contributed by atoms with van der Waals surface area (Å²) in [6.45, 7) is 4.73. The summed E-state index contributed by atoms with van der Waals surface area (Å²) in [6.07, 6.45) is 3.85. The highest BCUT2D eigenvalue weighted by molar-refractivity contribution is 5.81. The van der Waals surface area contributed by atoms with Gasteiger partial charge in [-0.3, -0.25) is 10.1 Å². The van der Waals surface area contributed by atoms with Gasteiger partial charge in [-0.1, -0.05) is 13.8 Å². The van der Waals surface area contributed by atoms with Crippen LogP contribution >= 0.6 is 0 Å². The average molecular weight is 239 g/mol. The number of hydrogen-bond acceptors (Lipinski definition) is 4. The van der Waals surface area contributed by atoms with E-state index in [1.807, 2.05) is 0 Å². The van der Waals surface area contributed by atoms with E-state index in [2.05, 4.69) is 24.1 Å². The molecule has 1 N–H and O–H groups in total. The maximum atomic E-state index is 12.0. The van der Waals surface area contributed by atoms with Crippen LogP contribution in [0.1, 0.15) is 26.0 Å². The first-order chi connectivity index (χ1) is 8.00. The molecular weight excluding hydrogens is 218 g/mol. The predicted octanol–water partition coefficient (Wildman–Crippen LogP) is 1.27. The van der Waals surface area contributed by atoms with Gasteiger partial charge in [-0.05, 0) is 12.3 Å². The standard InChI is InChI=1S/C12H21N3O2/c1-9(2)5-11(12(16)15(3)4)14-7-10-6-13-8-17-10/h6,8-9,11,14H,5,7H2,1-4H3. The fourth-order valence-electron chi connectivity index (χ4n) is 1.61. The van der Waals surface area contributed by atoms with Crippen LogP contribution in [0.15, 0.2) is 17.0 Å². The van der Waals surface area contributed by atoms with Crippen LogP contribution in [0.25, 0.3) is 0 Å². The molecule has 0 bridgehead atoms. The Kier molecular flexibility index (Phi) is 5.15. The summed E-state index contributed by atoms with van der Waals surface area (Å²) < 4.78 is 5.13. The summed E-state index contributed by atoms with van der Waals surface area (Å²) in [5.41, 5.74) is 0. The summed E-state index contributed by atoms with van der Waals surface area (Å²) in [7, 11) is 3.54. The lowest BCUT2D eigenvalue weighted by atomic mass is 10.0. The lowest BCUT2D eigenvalue weighted by Crippen LogP contribution is -2.44. The second-order valence-electron chi connectivity index (χ2n) is 4.76. The molecule has 5 heteroatoms. The van der Waals surface area contributed by atoms with Crippen molar-refractivity contribution in [1.29, 1.82) is 0 Å². The molecule has 17 heavy (non-hydrogen) atoms. The van der Waals surface area contributed by atoms with E-state index < -0.39 is 0 Å². The molecule has 5 nitrogen and oxygen atoms in total. The van der Waals surface area contributed by atoms with E-state index >= 15 is 0 Å². The Bertz CT molecular complexity index is 334. The lowest BCUT2D eigenvalue weighted by Gasteiger charge is -2.22. The molecule has 1 aromatic rings. The molecule has 0 spiro atoms. The number of likely N-dealkylation sites (N-methyl/N-ethyl adjacent to an activating group) is 1. The van der Waals surface area contributed by atoms with Gasteiger partial charge in [0.1, 0.15) is 5.76 Å². The Hall–Kier alpha value is -1.36. The van der Waals surface area contributed by atoms with Gasteiger partial charge in [-0.15, -0.1) is 0 Å². The van der Waals surface area contributed by atoms with Crippen LogP contribution in [-0.2, 0) is 11.3 Å². The van der Waals surface area contributed by atoms with Crippen molar-refractivity contribution < 1.29 is 9.21 Å². The van der Waals surface area contributed by atoms with Crippen molar-refractivity contribution in [1.82, 2.24) is 15.2 Å². The summed E-state index contributed by atoms with van der Waals surface area (Å²) in [4.78, 5) is 17.4. The summed E-state index contributed by atoms with van der Waals surface area (Å²) >= 11 is 0. The van der Waals surface area contributed by atoms with Crippen molar-refractivity contribution >= 4 is 5.91 Å². The number of rotatable bonds is 6. The number of carbonyl (C=O) groups excluding carboxylic acids is 1. The quantitative estimate of drug-likeness (QED) is 0.812. The number of aromatic nitrogens is 1. The van der Waals surface area contributed by atoms with Crippen LogP contribution in [0, 0.1) is 5.92 Å². The van der Waals surface area contributed by atoms with Crippen molar-refractivity contribution in [2.75, 3.05) is 14.1 Å². The highest BCUT2D eigenvalue weighted by atomic mass is 16.3. The largest absolute Gasteiger partial charge is 0.447 e. The molecule has 0 aliphatic rings. The van der Waals surface area contributed by atoms with Gasteiger partial charge in [0, 0.05) is 14.1 Å². The van der Waals surface area contributed by atoms with E-state index in [1.165, 1.54) is 6.39 Å². The van der Waals surface area contributed by atoms with Crippen LogP contribution in [0.5, 0.6) is 0 Å². The Morgan fingerprint density at radius 2 is 2.24 bits per heavy atom. The number of amides is 1. The van der Waals surface area contributed by atoms with Gasteiger partial charge < -0.3 is 9.32 Å². The highest BCUT2D eigenvalue weighted by Crippen LogP contribution is 2.08. The highest BCUT2D eigenvalue weighted by Gasteiger charge is 2.21. The molecule has 0 aromatic carbocycles. The lowest BCUT2D eigenvalue weighted by molar-refractivity contribution is -0.131. The Morgan fingerprint density at radius 1 is 1.53 bits per heavy atom. The molecule has 1 rings (SSSR count). The molecule has 1 amide bonds. The summed E-state index contributed by atoms with van der Waals surface area (Å²) in [5, 5.41) is 3.21. The van der Waals surface area contributed by atoms with Crippen LogP contribution in [0.3, 0.4) is 0 Å². The zero-order chi connectivity index (χ0) is 12.8. The van der Waals surface area contributed by atoms with Gasteiger partial charge in [-0.25, -0.2) is 4.98 Å². The van der Waals surface area contributed by atoms with Gasteiger partial charge in [0.25, 0.3) is 0 Å². The number of hydrogen-bond donors (Lipinski definition) is 1. The molecule has 1 heterocycles. The van der Waals surface area contributed by atoms with Crippen molar-refractivity contribution in [3.63, 3.8) is 0 Å². The van der Waals surface area contributed by atoms with E-state index in [1.54, 1.807) is 25.2 Å². The number of nitrogens with one attached hydrogen (secondary N) is 1. The summed E-state index contributed by atoms with van der Waals surface area (Å²) in [6, 6.07) is -0.171. The maximum absolute atomic E-state index is 12.0. The Balaban J connectivity index is 2.54. The monoisotopic (exact) mass is 239 g/mol. The zero-order valence-electron chi connectivity index (χ0n) is 10.9. The molecule has 1 atom stereocenters. The average Bonchev–Trinajstić information content (AvgIpc) is 2.75. The minimum absolute atomic E-state index is 0.0956. The first-order valence-corrected chi connectivity index (χ1v) is 5.82. The third kappa shape index (κ3) is 4.56. The molecule has 1 aromatic heterocycles. The first kappa shape index (κ1) is 13.7. The molecule has 0 fully saturated rings. The molecule has 96 valence electrons. The molecular formula is C12H21N3O2. The predicted molar refractivity (Wildman–Crippen MR) is 65.3 cm³/mol. The SMILES string of the molecule is CC(C)CC(NCc1cnco1)C(=O)N(C)C. The minimum atomic E-state index is -0.171. The van der Waals surface area contributed by atoms with Gasteiger partial charge in [0.2, 0.25) is 5.91 Å². The molecule has 0 aliphatic heterocycles. The van der Waals surface area contributed by atoms with Crippen molar-refractivity contribution in [2.24, 2.45) is 5.92 Å². The fourth-order valence-corrected chi connectivity index (χ4v) is 1.61. The second-order valence-corrected chi connectivity index (χ2v) is 4.76. The number of carbonyl (C=O) groups is 1. The van der Waals surface area contributed by atoms with Crippen LogP contribution in [0.2, 0.25) is 0 Å². The number of oxazole rings is 1. The van der Waals surface area contributed by atoms with E-state index in [0.29, 0.717) is 12.5 Å². The van der Waals surface area contributed by atoms with Crippen molar-refractivity contribution in [3.05, 3.63) is 18.4 Å². The third-order valence-corrected chi connectivity index (χ3v) is 2.45. The zero-order valence-corrected chi connectivity index (χ0v) is 10.9. The Morgan fingerprint density at radius 3 is 2.71 bits per heavy atom. The second kappa shape index (κ2) is 6.39. The van der Waals surface area contributed by atoms with Crippen molar-refractivity contribution in [3.8, 4) is 0 Å². The first-order valence-electron chi connectivity index (χ1n) is 5.82. The molecule has 0 saturated heterocycles. The maximum Gasteiger partial charge on any atom is 0.239 e. The van der Waals surface area contributed by atoms with Crippen molar-refractivity contribution in [2.45, 2.75) is 32.9 Å². The molecule has 0 aliphatic carbocycles. The van der Waals surface area contributed by atoms with E-state index in [-0.39, 0.29) is 11.9 Å². The Labute approximate surface area is 102 Å². The van der Waals surface area contributed by atoms with E-state index in [4.69, 9.17) is 4.42 Å². The number of nitrogens with zero attached hydrogens (tertiary/aromatic N) is 2. The van der Waals surface area contributed by atoms with Crippen LogP contribution in [-0.4, -0.2) is 35.9 Å².